The van der Waals surface area contributed by atoms with Gasteiger partial charge in [0.2, 0.25) is 0 Å². The molecule has 4 nitrogen and oxygen atoms in total. The Morgan fingerprint density at radius 3 is 1.28 bits per heavy atom. The van der Waals surface area contributed by atoms with Crippen LogP contribution in [0, 0.1) is 0 Å². The number of phenols is 2. The molecule has 0 amide bonds. The molecule has 0 unspecified atom stereocenters. The summed E-state index contributed by atoms with van der Waals surface area (Å²) >= 11 is 0. The zero-order chi connectivity index (χ0) is 22.8. The summed E-state index contributed by atoms with van der Waals surface area (Å²) in [6.07, 6.45) is 3.53. The number of pyridine rings is 2. The highest BCUT2D eigenvalue weighted by Gasteiger charge is 2.11. The highest BCUT2D eigenvalue weighted by Crippen LogP contribution is 2.34. The highest BCUT2D eigenvalue weighted by molar-refractivity contribution is 5.73. The summed E-state index contributed by atoms with van der Waals surface area (Å²) in [6.45, 7) is 8.52. The first-order valence-corrected chi connectivity index (χ1v) is 10.9. The fourth-order valence-corrected chi connectivity index (χ4v) is 3.70. The predicted molar refractivity (Wildman–Crippen MR) is 130 cm³/mol. The van der Waals surface area contributed by atoms with Crippen molar-refractivity contribution >= 4 is 0 Å². The average molecular weight is 425 g/mol. The molecule has 162 valence electrons. The summed E-state index contributed by atoms with van der Waals surface area (Å²) in [5.74, 6) is 1.25. The fourth-order valence-electron chi connectivity index (χ4n) is 3.70. The molecule has 4 rings (SSSR count). The smallest absolute Gasteiger partial charge is 0.123 e. The summed E-state index contributed by atoms with van der Waals surface area (Å²) in [4.78, 5) is 9.15. The Labute approximate surface area is 189 Å². The van der Waals surface area contributed by atoms with Crippen molar-refractivity contribution in [3.05, 3.63) is 84.2 Å². The largest absolute Gasteiger partial charge is 0.507 e. The lowest BCUT2D eigenvalue weighted by Gasteiger charge is -2.11. The van der Waals surface area contributed by atoms with Gasteiger partial charge in [-0.05, 0) is 59.4 Å². The van der Waals surface area contributed by atoms with Crippen LogP contribution < -0.4 is 0 Å². The van der Waals surface area contributed by atoms with Crippen molar-refractivity contribution in [2.24, 2.45) is 0 Å². The number of hydrogen-bond acceptors (Lipinski definition) is 4. The van der Waals surface area contributed by atoms with E-state index in [4.69, 9.17) is 0 Å². The minimum atomic E-state index is 0.245. The number of phenolic OH excluding ortho intramolecular Hbond substituents is 2. The van der Waals surface area contributed by atoms with E-state index in [1.165, 1.54) is 11.1 Å². The predicted octanol–water partition coefficient (Wildman–Crippen LogP) is 7.14. The Balaban J connectivity index is 1.61. The Morgan fingerprint density at radius 2 is 0.969 bits per heavy atom. The third kappa shape index (κ3) is 4.35. The van der Waals surface area contributed by atoms with Crippen LogP contribution in [0.25, 0.3) is 33.6 Å². The molecule has 0 saturated heterocycles. The SMILES string of the molecule is CC(C)c1ccc(O)c(-c2ccc(-c3ccc(-c4cc(C(C)C)ccc4O)cn3)nc2)c1. The lowest BCUT2D eigenvalue weighted by Crippen LogP contribution is -1.92. The molecule has 0 aliphatic rings. The van der Waals surface area contributed by atoms with Gasteiger partial charge in [-0.15, -0.1) is 0 Å². The fraction of sp³-hybridized carbons (Fsp3) is 0.214. The van der Waals surface area contributed by atoms with Gasteiger partial charge in [-0.2, -0.15) is 0 Å². The number of rotatable bonds is 5. The minimum Gasteiger partial charge on any atom is -0.507 e. The second kappa shape index (κ2) is 8.83. The van der Waals surface area contributed by atoms with Crippen molar-refractivity contribution in [3.63, 3.8) is 0 Å². The molecule has 4 aromatic rings. The second-order valence-electron chi connectivity index (χ2n) is 8.73. The molecule has 0 atom stereocenters. The number of nitrogens with zero attached hydrogens (tertiary/aromatic N) is 2. The van der Waals surface area contributed by atoms with Gasteiger partial charge >= 0.3 is 0 Å². The van der Waals surface area contributed by atoms with Crippen LogP contribution >= 0.6 is 0 Å². The lowest BCUT2D eigenvalue weighted by molar-refractivity contribution is 0.476. The van der Waals surface area contributed by atoms with Crippen LogP contribution in [0.3, 0.4) is 0 Å². The molecule has 0 saturated carbocycles. The molecular weight excluding hydrogens is 396 g/mol. The molecule has 0 spiro atoms. The van der Waals surface area contributed by atoms with Gasteiger partial charge in [-0.3, -0.25) is 9.97 Å². The normalized spacial score (nSPS) is 11.3. The summed E-state index contributed by atoms with van der Waals surface area (Å²) in [6, 6.07) is 19.1. The first-order chi connectivity index (χ1) is 15.3. The third-order valence-corrected chi connectivity index (χ3v) is 5.79. The van der Waals surface area contributed by atoms with E-state index in [1.807, 2.05) is 48.5 Å². The van der Waals surface area contributed by atoms with E-state index >= 15 is 0 Å². The molecule has 0 bridgehead atoms. The maximum absolute atomic E-state index is 10.3. The van der Waals surface area contributed by atoms with Crippen LogP contribution in [-0.2, 0) is 0 Å². The van der Waals surface area contributed by atoms with Crippen LogP contribution in [0.1, 0.15) is 50.7 Å². The van der Waals surface area contributed by atoms with Gasteiger partial charge in [0.15, 0.2) is 0 Å². The summed E-state index contributed by atoms with van der Waals surface area (Å²) < 4.78 is 0. The van der Waals surface area contributed by atoms with Crippen molar-refractivity contribution in [1.82, 2.24) is 9.97 Å². The molecule has 32 heavy (non-hydrogen) atoms. The number of aromatic nitrogens is 2. The van der Waals surface area contributed by atoms with Gasteiger partial charge in [0.05, 0.1) is 11.4 Å². The number of hydrogen-bond donors (Lipinski definition) is 2. The number of aromatic hydroxyl groups is 2. The van der Waals surface area contributed by atoms with E-state index in [0.29, 0.717) is 11.8 Å². The second-order valence-corrected chi connectivity index (χ2v) is 8.73. The van der Waals surface area contributed by atoms with Gasteiger partial charge < -0.3 is 10.2 Å². The number of benzene rings is 2. The molecule has 0 fully saturated rings. The summed E-state index contributed by atoms with van der Waals surface area (Å²) in [5, 5.41) is 20.6. The van der Waals surface area contributed by atoms with Crippen LogP contribution in [0.4, 0.5) is 0 Å². The van der Waals surface area contributed by atoms with E-state index in [1.54, 1.807) is 24.5 Å². The summed E-state index contributed by atoms with van der Waals surface area (Å²) in [7, 11) is 0. The first kappa shape index (κ1) is 21.6. The van der Waals surface area contributed by atoms with Crippen LogP contribution in [0.5, 0.6) is 11.5 Å². The molecule has 4 heteroatoms. The molecule has 2 N–H and O–H groups in total. The van der Waals surface area contributed by atoms with Crippen LogP contribution in [-0.4, -0.2) is 20.2 Å². The molecule has 2 aromatic heterocycles. The highest BCUT2D eigenvalue weighted by atomic mass is 16.3. The van der Waals surface area contributed by atoms with E-state index in [-0.39, 0.29) is 11.5 Å². The molecule has 2 aromatic carbocycles. The quantitative estimate of drug-likeness (QED) is 0.357. The van der Waals surface area contributed by atoms with Gasteiger partial charge in [0.25, 0.3) is 0 Å². The van der Waals surface area contributed by atoms with Crippen molar-refractivity contribution in [1.29, 1.82) is 0 Å². The molecular formula is C28H28N2O2. The Kier molecular flexibility index (Phi) is 5.95. The molecule has 2 heterocycles. The third-order valence-electron chi connectivity index (χ3n) is 5.79. The van der Waals surface area contributed by atoms with Crippen molar-refractivity contribution in [2.75, 3.05) is 0 Å². The van der Waals surface area contributed by atoms with Crippen molar-refractivity contribution in [3.8, 4) is 45.1 Å². The van der Waals surface area contributed by atoms with E-state index < -0.39 is 0 Å². The maximum atomic E-state index is 10.3. The Hall–Kier alpha value is -3.66. The van der Waals surface area contributed by atoms with Gasteiger partial charge in [0, 0.05) is 34.6 Å². The lowest BCUT2D eigenvalue weighted by atomic mass is 9.97. The maximum Gasteiger partial charge on any atom is 0.123 e. The van der Waals surface area contributed by atoms with Gasteiger partial charge in [-0.25, -0.2) is 0 Å². The Morgan fingerprint density at radius 1 is 0.562 bits per heavy atom. The van der Waals surface area contributed by atoms with Gasteiger partial charge in [0.1, 0.15) is 11.5 Å². The Bertz CT molecular complexity index is 1130. The molecule has 0 radical (unpaired) electrons. The molecule has 0 aliphatic heterocycles. The zero-order valence-corrected chi connectivity index (χ0v) is 18.9. The van der Waals surface area contributed by atoms with Gasteiger partial charge in [-0.1, -0.05) is 52.0 Å². The van der Waals surface area contributed by atoms with Crippen molar-refractivity contribution in [2.45, 2.75) is 39.5 Å². The van der Waals surface area contributed by atoms with Crippen LogP contribution in [0.15, 0.2) is 73.1 Å². The van der Waals surface area contributed by atoms with E-state index in [0.717, 1.165) is 33.6 Å². The van der Waals surface area contributed by atoms with E-state index in [2.05, 4.69) is 37.7 Å². The monoisotopic (exact) mass is 424 g/mol. The zero-order valence-electron chi connectivity index (χ0n) is 18.9. The average Bonchev–Trinajstić information content (AvgIpc) is 2.80. The standard InChI is InChI=1S/C28H28N2O2/c1-17(2)19-7-11-27(31)23(13-19)21-5-9-25(29-15-21)26-10-6-22(16-30-26)24-14-20(18(3)4)8-12-28(24)32/h5-18,31-32H,1-4H3. The summed E-state index contributed by atoms with van der Waals surface area (Å²) in [5.41, 5.74) is 7.12. The topological polar surface area (TPSA) is 66.2 Å². The molecule has 0 aliphatic carbocycles. The van der Waals surface area contributed by atoms with Crippen LogP contribution in [0.2, 0.25) is 0 Å². The minimum absolute atomic E-state index is 0.245. The van der Waals surface area contributed by atoms with Crippen molar-refractivity contribution < 1.29 is 10.2 Å². The first-order valence-electron chi connectivity index (χ1n) is 10.9. The van der Waals surface area contributed by atoms with E-state index in [9.17, 15) is 10.2 Å².